The number of para-hydroxylation sites is 1. The topological polar surface area (TPSA) is 159 Å². The average Bonchev–Trinajstić information content (AvgIpc) is 3.62. The molecule has 2 fully saturated rings. The molecule has 0 spiro atoms. The molecule has 3 aromatic rings. The summed E-state index contributed by atoms with van der Waals surface area (Å²) in [5.74, 6) is 2.41. The number of alkyl halides is 1. The number of rotatable bonds is 12. The lowest BCUT2D eigenvalue weighted by atomic mass is 9.97. The summed E-state index contributed by atoms with van der Waals surface area (Å²) in [4.78, 5) is 25.6. The second-order valence-corrected chi connectivity index (χ2v) is 12.5. The summed E-state index contributed by atoms with van der Waals surface area (Å²) in [7, 11) is -4.33. The zero-order chi connectivity index (χ0) is 30.9. The highest BCUT2D eigenvalue weighted by Gasteiger charge is 2.58. The van der Waals surface area contributed by atoms with Crippen LogP contribution in [-0.2, 0) is 23.4 Å². The number of anilines is 1. The highest BCUT2D eigenvalue weighted by atomic mass is 31.2. The van der Waals surface area contributed by atoms with Gasteiger partial charge >= 0.3 is 13.7 Å². The fourth-order valence-electron chi connectivity index (χ4n) is 4.54. The summed E-state index contributed by atoms with van der Waals surface area (Å²) in [5, 5.41) is 16.8. The van der Waals surface area contributed by atoms with Gasteiger partial charge in [0.05, 0.1) is 19.0 Å². The van der Waals surface area contributed by atoms with Crippen LogP contribution < -0.4 is 14.9 Å². The van der Waals surface area contributed by atoms with Crippen LogP contribution in [0.4, 0.5) is 10.2 Å². The normalized spacial score (nSPS) is 25.7. The number of hydrogen-bond donors (Lipinski definition) is 3. The molecule has 2 aromatic heterocycles. The van der Waals surface area contributed by atoms with E-state index >= 15 is 4.39 Å². The van der Waals surface area contributed by atoms with Gasteiger partial charge in [-0.1, -0.05) is 24.1 Å². The minimum absolute atomic E-state index is 0.174. The predicted molar refractivity (Wildman–Crippen MR) is 154 cm³/mol. The smallest absolute Gasteiger partial charge is 0.459 e. The number of imidazole rings is 1. The lowest BCUT2D eigenvalue weighted by Gasteiger charge is -2.25. The Morgan fingerprint density at radius 1 is 1.30 bits per heavy atom. The summed E-state index contributed by atoms with van der Waals surface area (Å²) >= 11 is 0. The molecule has 13 nitrogen and oxygen atoms in total. The molecule has 0 amide bonds. The third-order valence-electron chi connectivity index (χ3n) is 6.81. The lowest BCUT2D eigenvalue weighted by Crippen LogP contribution is -2.42. The van der Waals surface area contributed by atoms with Gasteiger partial charge in [0.1, 0.15) is 29.8 Å². The van der Waals surface area contributed by atoms with E-state index in [0.29, 0.717) is 17.2 Å². The maximum atomic E-state index is 16.3. The Kier molecular flexibility index (Phi) is 8.74. The number of carbonyl (C=O) groups is 1. The number of nitrogens with one attached hydrogen (secondary N) is 2. The number of terminal acetylenes is 1. The molecule has 5 rings (SSSR count). The number of carbonyl (C=O) groups excluding carboxylic acids is 1. The van der Waals surface area contributed by atoms with Gasteiger partial charge in [-0.15, -0.1) is 6.42 Å². The second-order valence-electron chi connectivity index (χ2n) is 10.8. The molecule has 1 saturated carbocycles. The predicted octanol–water partition coefficient (Wildman–Crippen LogP) is 3.44. The zero-order valence-electron chi connectivity index (χ0n) is 24.1. The molecular weight excluding hydrogens is 582 g/mol. The van der Waals surface area contributed by atoms with E-state index in [4.69, 9.17) is 24.9 Å². The van der Waals surface area contributed by atoms with Gasteiger partial charge < -0.3 is 24.4 Å². The van der Waals surface area contributed by atoms with Gasteiger partial charge in [0, 0.05) is 6.04 Å². The molecule has 3 heterocycles. The molecule has 0 radical (unpaired) electrons. The first-order valence-corrected chi connectivity index (χ1v) is 15.4. The third-order valence-corrected chi connectivity index (χ3v) is 8.45. The van der Waals surface area contributed by atoms with Gasteiger partial charge in [-0.3, -0.25) is 13.9 Å². The number of halogens is 1. The van der Waals surface area contributed by atoms with Crippen molar-refractivity contribution in [1.29, 1.82) is 0 Å². The fraction of sp³-hybridized carbons (Fsp3) is 0.500. The molecule has 2 aliphatic rings. The molecule has 43 heavy (non-hydrogen) atoms. The van der Waals surface area contributed by atoms with Gasteiger partial charge in [-0.25, -0.2) is 23.9 Å². The summed E-state index contributed by atoms with van der Waals surface area (Å²) in [6.07, 6.45) is 3.63. The zero-order valence-corrected chi connectivity index (χ0v) is 25.0. The van der Waals surface area contributed by atoms with Crippen molar-refractivity contribution in [3.05, 3.63) is 42.5 Å². The van der Waals surface area contributed by atoms with Gasteiger partial charge in [0.2, 0.25) is 5.67 Å². The van der Waals surface area contributed by atoms with Crippen LogP contribution in [0, 0.1) is 19.3 Å². The van der Waals surface area contributed by atoms with Crippen molar-refractivity contribution in [3.8, 4) is 18.1 Å². The largest absolute Gasteiger partial charge is 0.462 e. The average molecular weight is 617 g/mol. The minimum Gasteiger partial charge on any atom is -0.462 e. The van der Waals surface area contributed by atoms with Crippen molar-refractivity contribution in [2.75, 3.05) is 11.9 Å². The maximum Gasteiger partial charge on any atom is 0.459 e. The third kappa shape index (κ3) is 6.66. The van der Waals surface area contributed by atoms with E-state index in [2.05, 4.69) is 25.4 Å². The first-order valence-electron chi connectivity index (χ1n) is 13.9. The van der Waals surface area contributed by atoms with Gasteiger partial charge in [0.15, 0.2) is 23.2 Å². The summed E-state index contributed by atoms with van der Waals surface area (Å²) in [6.45, 7) is 5.84. The van der Waals surface area contributed by atoms with Crippen LogP contribution in [0.5, 0.6) is 5.75 Å². The Morgan fingerprint density at radius 2 is 2.02 bits per heavy atom. The van der Waals surface area contributed by atoms with Crippen LogP contribution >= 0.6 is 7.75 Å². The van der Waals surface area contributed by atoms with Crippen molar-refractivity contribution in [2.24, 2.45) is 0 Å². The Morgan fingerprint density at radius 3 is 2.67 bits per heavy atom. The number of nitrogens with zero attached hydrogens (tertiary/aromatic N) is 4. The van der Waals surface area contributed by atoms with E-state index in [9.17, 15) is 14.5 Å². The van der Waals surface area contributed by atoms with E-state index < -0.39 is 56.6 Å². The van der Waals surface area contributed by atoms with E-state index in [-0.39, 0.29) is 17.4 Å². The number of fused-ring (bicyclic) bond motifs is 1. The number of aromatic nitrogens is 4. The Bertz CT molecular complexity index is 1560. The number of esters is 1. The van der Waals surface area contributed by atoms with Gasteiger partial charge in [-0.05, 0) is 52.7 Å². The number of hydrogen-bond acceptors (Lipinski definition) is 11. The number of ether oxygens (including phenoxy) is 2. The van der Waals surface area contributed by atoms with Crippen molar-refractivity contribution >= 4 is 30.7 Å². The summed E-state index contributed by atoms with van der Waals surface area (Å²) in [5.41, 5.74) is -2.10. The van der Waals surface area contributed by atoms with E-state index in [1.807, 2.05) is 5.92 Å². The molecule has 1 aliphatic heterocycles. The van der Waals surface area contributed by atoms with Gasteiger partial charge in [0.25, 0.3) is 0 Å². The van der Waals surface area contributed by atoms with E-state index in [1.165, 1.54) is 30.0 Å². The molecule has 230 valence electrons. The molecule has 6 atom stereocenters. The van der Waals surface area contributed by atoms with Crippen LogP contribution in [-0.4, -0.2) is 73.3 Å². The van der Waals surface area contributed by atoms with E-state index in [0.717, 1.165) is 12.8 Å². The molecule has 15 heteroatoms. The van der Waals surface area contributed by atoms with E-state index in [1.54, 1.807) is 39.0 Å². The Hall–Kier alpha value is -3.60. The number of aliphatic hydroxyl groups is 1. The lowest BCUT2D eigenvalue weighted by molar-refractivity contribution is -0.149. The van der Waals surface area contributed by atoms with Crippen LogP contribution in [0.25, 0.3) is 11.2 Å². The minimum atomic E-state index is -4.33. The molecule has 1 aliphatic carbocycles. The molecule has 3 N–H and O–H groups in total. The second kappa shape index (κ2) is 12.2. The van der Waals surface area contributed by atoms with Crippen LogP contribution in [0.15, 0.2) is 36.7 Å². The number of aryl methyl sites for hydroxylation is 1. The standard InChI is InChI=1S/C28H34FN6O7P/c1-6-28(29)23(36)21(41-27(28)35-15-30-22-24(33-19-12-13-19)31-18(5)32-25(22)35)14-39-43(38,42-20-10-8-7-9-11-20)34-17(4)26(37)40-16(2)3/h1,7-11,15-17,19,21,23,27,36H,12-14H2,2-5H3,(H,34,38)(H,31,32,33)/t17-,21-,23-,27-,28-,43?/m1/s1. The monoisotopic (exact) mass is 616 g/mol. The summed E-state index contributed by atoms with van der Waals surface area (Å²) in [6, 6.07) is 7.28. The van der Waals surface area contributed by atoms with Crippen molar-refractivity contribution in [1.82, 2.24) is 24.6 Å². The molecule has 1 unspecified atom stereocenters. The van der Waals surface area contributed by atoms with Gasteiger partial charge in [-0.2, -0.15) is 5.09 Å². The van der Waals surface area contributed by atoms with Crippen LogP contribution in [0.3, 0.4) is 0 Å². The molecular formula is C28H34FN6O7P. The molecule has 1 saturated heterocycles. The SMILES string of the molecule is C#C[C@@]1(F)[C@H](O)[C@@H](COP(=O)(N[C@H](C)C(=O)OC(C)C)Oc2ccccc2)O[C@H]1n1cnc2c(NC3CC3)nc(C)nc21. The van der Waals surface area contributed by atoms with Crippen LogP contribution in [0.2, 0.25) is 0 Å². The molecule has 0 bridgehead atoms. The van der Waals surface area contributed by atoms with Crippen molar-refractivity contribution < 1.29 is 37.4 Å². The Balaban J connectivity index is 1.39. The number of aliphatic hydroxyl groups excluding tert-OH is 1. The van der Waals surface area contributed by atoms with Crippen LogP contribution in [0.1, 0.15) is 45.7 Å². The highest BCUT2D eigenvalue weighted by molar-refractivity contribution is 7.52. The first-order chi connectivity index (χ1) is 20.4. The van der Waals surface area contributed by atoms with Crippen molar-refractivity contribution in [3.63, 3.8) is 0 Å². The fourth-order valence-corrected chi connectivity index (χ4v) is 6.04. The number of benzene rings is 1. The molecule has 1 aromatic carbocycles. The Labute approximate surface area is 248 Å². The highest BCUT2D eigenvalue weighted by Crippen LogP contribution is 2.48. The quantitative estimate of drug-likeness (QED) is 0.155. The maximum absolute atomic E-state index is 16.3. The summed E-state index contributed by atoms with van der Waals surface area (Å²) < 4.78 is 53.8. The van der Waals surface area contributed by atoms with Crippen molar-refractivity contribution in [2.45, 2.75) is 82.8 Å². The first kappa shape index (κ1) is 30.8.